The lowest BCUT2D eigenvalue weighted by Crippen LogP contribution is -2.23. The smallest absolute Gasteiger partial charge is 0.179 e. The fourth-order valence-electron chi connectivity index (χ4n) is 2.30. The average molecular weight is 332 g/mol. The van der Waals surface area contributed by atoms with E-state index in [9.17, 15) is 8.42 Å². The predicted molar refractivity (Wildman–Crippen MR) is 76.7 cm³/mol. The van der Waals surface area contributed by atoms with Crippen molar-refractivity contribution in [1.29, 1.82) is 0 Å². The average Bonchev–Trinajstić information content (AvgIpc) is 3.10. The van der Waals surface area contributed by atoms with Gasteiger partial charge in [0.2, 0.25) is 0 Å². The summed E-state index contributed by atoms with van der Waals surface area (Å²) in [7, 11) is -1.20. The lowest BCUT2D eigenvalue weighted by molar-refractivity contribution is 0.596. The molecule has 1 aliphatic rings. The molecule has 5 heteroatoms. The molecule has 1 fully saturated rings. The van der Waals surface area contributed by atoms with Gasteiger partial charge in [0.15, 0.2) is 9.84 Å². The maximum absolute atomic E-state index is 11.9. The third-order valence-corrected chi connectivity index (χ3v) is 6.33. The Balaban J connectivity index is 2.37. The second-order valence-corrected chi connectivity index (χ2v) is 7.96. The highest BCUT2D eigenvalue weighted by molar-refractivity contribution is 9.10. The zero-order valence-corrected chi connectivity index (χ0v) is 13.1. The van der Waals surface area contributed by atoms with Crippen molar-refractivity contribution in [3.63, 3.8) is 0 Å². The van der Waals surface area contributed by atoms with Gasteiger partial charge in [0, 0.05) is 16.4 Å². The summed E-state index contributed by atoms with van der Waals surface area (Å²) in [4.78, 5) is 0.397. The summed E-state index contributed by atoms with van der Waals surface area (Å²) in [5, 5.41) is 3.21. The first-order valence-corrected chi connectivity index (χ1v) is 8.57. The van der Waals surface area contributed by atoms with Crippen molar-refractivity contribution in [2.24, 2.45) is 0 Å². The topological polar surface area (TPSA) is 46.2 Å². The number of nitrogens with one attached hydrogen (secondary N) is 1. The third-order valence-electron chi connectivity index (χ3n) is 3.63. The molecule has 1 aromatic rings. The summed E-state index contributed by atoms with van der Waals surface area (Å²) in [6.45, 7) is 2.61. The summed E-state index contributed by atoms with van der Waals surface area (Å²) >= 11 is 3.40. The molecule has 0 saturated heterocycles. The minimum atomic E-state index is -3.15. The van der Waals surface area contributed by atoms with Gasteiger partial charge in [-0.1, -0.05) is 13.0 Å². The second kappa shape index (κ2) is 4.94. The van der Waals surface area contributed by atoms with Gasteiger partial charge in [-0.2, -0.15) is 0 Å². The van der Waals surface area contributed by atoms with E-state index in [0.717, 1.165) is 6.54 Å². The maximum atomic E-state index is 11.9. The van der Waals surface area contributed by atoms with Gasteiger partial charge in [-0.3, -0.25) is 0 Å². The fraction of sp³-hybridized carbons (Fsp3) is 0.538. The Bertz CT molecular complexity index is 550. The highest BCUT2D eigenvalue weighted by atomic mass is 79.9. The van der Waals surface area contributed by atoms with Crippen LogP contribution in [0, 0.1) is 0 Å². The first-order chi connectivity index (χ1) is 8.45. The molecule has 1 aliphatic carbocycles. The van der Waals surface area contributed by atoms with Crippen LogP contribution in [0.25, 0.3) is 0 Å². The molecule has 100 valence electrons. The van der Waals surface area contributed by atoms with Crippen LogP contribution in [0.2, 0.25) is 0 Å². The van der Waals surface area contributed by atoms with Crippen LogP contribution in [-0.4, -0.2) is 27.8 Å². The van der Waals surface area contributed by atoms with Crippen LogP contribution in [0.1, 0.15) is 25.3 Å². The Morgan fingerprint density at radius 1 is 1.39 bits per heavy atom. The van der Waals surface area contributed by atoms with E-state index < -0.39 is 9.84 Å². The predicted octanol–water partition coefficient (Wildman–Crippen LogP) is 2.49. The molecule has 0 heterocycles. The fourth-order valence-corrected chi connectivity index (χ4v) is 4.36. The summed E-state index contributed by atoms with van der Waals surface area (Å²) in [5.41, 5.74) is 1.44. The molecule has 0 spiro atoms. The van der Waals surface area contributed by atoms with E-state index in [0.29, 0.717) is 9.37 Å². The Morgan fingerprint density at radius 2 is 2.06 bits per heavy atom. The molecule has 0 unspecified atom stereocenters. The molecule has 1 saturated carbocycles. The van der Waals surface area contributed by atoms with Crippen molar-refractivity contribution >= 4 is 25.8 Å². The van der Waals surface area contributed by atoms with Crippen molar-refractivity contribution in [3.8, 4) is 0 Å². The van der Waals surface area contributed by atoms with E-state index in [1.165, 1.54) is 18.4 Å². The van der Waals surface area contributed by atoms with Crippen molar-refractivity contribution in [2.75, 3.05) is 19.3 Å². The van der Waals surface area contributed by atoms with E-state index in [2.05, 4.69) is 21.2 Å². The summed E-state index contributed by atoms with van der Waals surface area (Å²) in [6, 6.07) is 5.65. The molecule has 0 aliphatic heterocycles. The van der Waals surface area contributed by atoms with E-state index in [1.807, 2.05) is 19.2 Å². The molecule has 1 N–H and O–H groups in total. The van der Waals surface area contributed by atoms with Crippen molar-refractivity contribution < 1.29 is 8.42 Å². The molecule has 0 amide bonds. The van der Waals surface area contributed by atoms with Gasteiger partial charge in [0.25, 0.3) is 0 Å². The molecule has 0 atom stereocenters. The number of benzene rings is 1. The van der Waals surface area contributed by atoms with Crippen LogP contribution in [0.5, 0.6) is 0 Å². The van der Waals surface area contributed by atoms with E-state index >= 15 is 0 Å². The zero-order valence-electron chi connectivity index (χ0n) is 10.7. The van der Waals surface area contributed by atoms with Crippen molar-refractivity contribution in [1.82, 2.24) is 5.32 Å². The second-order valence-electron chi connectivity index (χ2n) is 4.86. The van der Waals surface area contributed by atoms with Gasteiger partial charge >= 0.3 is 0 Å². The molecule has 0 radical (unpaired) electrons. The quantitative estimate of drug-likeness (QED) is 0.901. The van der Waals surface area contributed by atoms with Gasteiger partial charge in [0.1, 0.15) is 0 Å². The normalized spacial score (nSPS) is 17.7. The molecular formula is C13H18BrNO2S. The highest BCUT2D eigenvalue weighted by Crippen LogP contribution is 2.48. The van der Waals surface area contributed by atoms with Crippen LogP contribution in [0.15, 0.2) is 27.6 Å². The number of sulfone groups is 1. The Labute approximate surface area is 117 Å². The van der Waals surface area contributed by atoms with Crippen LogP contribution in [-0.2, 0) is 15.3 Å². The molecule has 2 rings (SSSR count). The standard InChI is InChI=1S/C13H18BrNO2S/c1-3-18(16,17)12-5-4-10(8-11(12)14)13(6-7-13)9-15-2/h4-5,8,15H,3,6-7,9H2,1-2H3. The minimum absolute atomic E-state index is 0.132. The van der Waals surface area contributed by atoms with Crippen LogP contribution in [0.4, 0.5) is 0 Å². The molecule has 3 nitrogen and oxygen atoms in total. The van der Waals surface area contributed by atoms with E-state index in [1.54, 1.807) is 13.0 Å². The number of likely N-dealkylation sites (N-methyl/N-ethyl adjacent to an activating group) is 1. The Kier molecular flexibility index (Phi) is 3.85. The minimum Gasteiger partial charge on any atom is -0.319 e. The monoisotopic (exact) mass is 331 g/mol. The maximum Gasteiger partial charge on any atom is 0.179 e. The summed E-state index contributed by atoms with van der Waals surface area (Å²) in [6.07, 6.45) is 2.33. The molecule has 1 aromatic carbocycles. The van der Waals surface area contributed by atoms with Gasteiger partial charge in [-0.05, 0) is 53.5 Å². The third kappa shape index (κ3) is 2.49. The number of hydrogen-bond acceptors (Lipinski definition) is 3. The Morgan fingerprint density at radius 3 is 2.50 bits per heavy atom. The number of hydrogen-bond donors (Lipinski definition) is 1. The van der Waals surface area contributed by atoms with Gasteiger partial charge in [-0.15, -0.1) is 0 Å². The van der Waals surface area contributed by atoms with E-state index in [4.69, 9.17) is 0 Å². The highest BCUT2D eigenvalue weighted by Gasteiger charge is 2.43. The lowest BCUT2D eigenvalue weighted by atomic mass is 9.96. The van der Waals surface area contributed by atoms with Crippen molar-refractivity contribution in [2.45, 2.75) is 30.1 Å². The zero-order chi connectivity index (χ0) is 13.4. The lowest BCUT2D eigenvalue weighted by Gasteiger charge is -2.16. The van der Waals surface area contributed by atoms with Crippen molar-refractivity contribution in [3.05, 3.63) is 28.2 Å². The van der Waals surface area contributed by atoms with Gasteiger partial charge in [0.05, 0.1) is 10.6 Å². The Hall–Kier alpha value is -0.390. The van der Waals surface area contributed by atoms with Gasteiger partial charge in [-0.25, -0.2) is 8.42 Å². The summed E-state index contributed by atoms with van der Waals surface area (Å²) < 4.78 is 24.4. The summed E-state index contributed by atoms with van der Waals surface area (Å²) in [5.74, 6) is 0.132. The molecule has 0 aromatic heterocycles. The first kappa shape index (κ1) is 14.0. The molecule has 18 heavy (non-hydrogen) atoms. The van der Waals surface area contributed by atoms with Crippen LogP contribution < -0.4 is 5.32 Å². The first-order valence-electron chi connectivity index (χ1n) is 6.12. The number of rotatable bonds is 5. The van der Waals surface area contributed by atoms with Crippen LogP contribution >= 0.6 is 15.9 Å². The van der Waals surface area contributed by atoms with Gasteiger partial charge < -0.3 is 5.32 Å². The number of halogens is 1. The molecular weight excluding hydrogens is 314 g/mol. The van der Waals surface area contributed by atoms with E-state index in [-0.39, 0.29) is 11.2 Å². The molecule has 0 bridgehead atoms. The largest absolute Gasteiger partial charge is 0.319 e. The SMILES string of the molecule is CCS(=O)(=O)c1ccc(C2(CNC)CC2)cc1Br. The van der Waals surface area contributed by atoms with Crippen LogP contribution in [0.3, 0.4) is 0 Å².